The highest BCUT2D eigenvalue weighted by Crippen LogP contribution is 2.42. The Bertz CT molecular complexity index is 1340. The number of fused-ring (bicyclic) bond motifs is 5. The highest BCUT2D eigenvalue weighted by atomic mass is 19.1. The van der Waals surface area contributed by atoms with Crippen molar-refractivity contribution in [3.8, 4) is 17.0 Å². The topological polar surface area (TPSA) is 61.4 Å². The van der Waals surface area contributed by atoms with Crippen LogP contribution in [0.5, 0.6) is 5.75 Å². The van der Waals surface area contributed by atoms with Crippen LogP contribution >= 0.6 is 0 Å². The molecule has 0 spiro atoms. The Morgan fingerprint density at radius 3 is 2.67 bits per heavy atom. The van der Waals surface area contributed by atoms with Gasteiger partial charge in [-0.1, -0.05) is 32.0 Å². The number of hydrogen-bond donors (Lipinski definition) is 0. The Kier molecular flexibility index (Phi) is 4.03. The molecule has 0 amide bonds. The largest absolute Gasteiger partial charge is 0.497 e. The van der Waals surface area contributed by atoms with E-state index >= 15 is 0 Å². The summed E-state index contributed by atoms with van der Waals surface area (Å²) in [5.41, 5.74) is 3.97. The van der Waals surface area contributed by atoms with Crippen LogP contribution in [-0.2, 0) is 18.4 Å². The van der Waals surface area contributed by atoms with Crippen molar-refractivity contribution < 1.29 is 9.13 Å². The molecule has 2 aromatic carbocycles. The van der Waals surface area contributed by atoms with Crippen molar-refractivity contribution in [1.29, 1.82) is 0 Å². The normalized spacial score (nSPS) is 14.4. The molecule has 2 heterocycles. The van der Waals surface area contributed by atoms with E-state index < -0.39 is 0 Å². The Hall–Kier alpha value is -3.48. The van der Waals surface area contributed by atoms with E-state index in [4.69, 9.17) is 4.74 Å². The molecule has 5 rings (SSSR count). The number of halogens is 1. The van der Waals surface area contributed by atoms with Crippen LogP contribution in [0.4, 0.5) is 4.39 Å². The summed E-state index contributed by atoms with van der Waals surface area (Å²) in [6, 6.07) is 12.1. The van der Waals surface area contributed by atoms with Gasteiger partial charge < -0.3 is 4.74 Å². The summed E-state index contributed by atoms with van der Waals surface area (Å²) < 4.78 is 22.3. The van der Waals surface area contributed by atoms with Crippen molar-refractivity contribution in [2.75, 3.05) is 7.11 Å². The van der Waals surface area contributed by atoms with Gasteiger partial charge in [-0.2, -0.15) is 0 Å². The molecule has 0 radical (unpaired) electrons. The molecule has 7 heteroatoms. The Morgan fingerprint density at radius 1 is 1.17 bits per heavy atom. The first-order valence-electron chi connectivity index (χ1n) is 9.78. The van der Waals surface area contributed by atoms with Crippen molar-refractivity contribution in [2.45, 2.75) is 32.2 Å². The average molecular weight is 404 g/mol. The van der Waals surface area contributed by atoms with Gasteiger partial charge in [-0.25, -0.2) is 4.39 Å². The predicted molar refractivity (Wildman–Crippen MR) is 111 cm³/mol. The van der Waals surface area contributed by atoms with E-state index in [9.17, 15) is 9.18 Å². The summed E-state index contributed by atoms with van der Waals surface area (Å²) in [5.74, 6) is 0.876. The van der Waals surface area contributed by atoms with Crippen LogP contribution in [0.25, 0.3) is 17.0 Å². The Labute approximate surface area is 172 Å². The molecule has 1 aliphatic rings. The summed E-state index contributed by atoms with van der Waals surface area (Å²) in [4.78, 5) is 13.8. The maximum atomic E-state index is 13.8. The Balaban J connectivity index is 1.82. The van der Waals surface area contributed by atoms with Crippen LogP contribution < -0.4 is 10.3 Å². The van der Waals surface area contributed by atoms with E-state index in [2.05, 4.69) is 30.1 Å². The van der Waals surface area contributed by atoms with Gasteiger partial charge in [0, 0.05) is 16.5 Å². The van der Waals surface area contributed by atoms with Crippen LogP contribution in [0, 0.1) is 5.82 Å². The second kappa shape index (κ2) is 6.52. The molecule has 0 saturated heterocycles. The minimum absolute atomic E-state index is 0.103. The summed E-state index contributed by atoms with van der Waals surface area (Å²) in [7, 11) is 1.63. The van der Waals surface area contributed by atoms with Crippen LogP contribution in [0.1, 0.15) is 30.5 Å². The van der Waals surface area contributed by atoms with Gasteiger partial charge in [0.15, 0.2) is 0 Å². The predicted octanol–water partition coefficient (Wildman–Crippen LogP) is 3.59. The highest BCUT2D eigenvalue weighted by Gasteiger charge is 2.37. The van der Waals surface area contributed by atoms with E-state index in [1.165, 1.54) is 12.1 Å². The SMILES string of the molecule is COc1ccc2c(c1)-c1c(c(=O)n(Cc3ccc(F)cc3)c3nncn13)C(C)(C)C2. The van der Waals surface area contributed by atoms with E-state index in [0.717, 1.165) is 40.1 Å². The third-order valence-corrected chi connectivity index (χ3v) is 5.84. The van der Waals surface area contributed by atoms with Gasteiger partial charge >= 0.3 is 0 Å². The molecule has 0 aliphatic heterocycles. The number of aromatic nitrogens is 4. The van der Waals surface area contributed by atoms with E-state index in [-0.39, 0.29) is 23.3 Å². The minimum atomic E-state index is -0.378. The van der Waals surface area contributed by atoms with Gasteiger partial charge in [0.1, 0.15) is 17.9 Å². The molecule has 30 heavy (non-hydrogen) atoms. The molecule has 6 nitrogen and oxygen atoms in total. The number of methoxy groups -OCH3 is 1. The number of ether oxygens (including phenoxy) is 1. The smallest absolute Gasteiger partial charge is 0.259 e. The zero-order valence-electron chi connectivity index (χ0n) is 17.0. The van der Waals surface area contributed by atoms with Crippen molar-refractivity contribution in [2.24, 2.45) is 0 Å². The zero-order chi connectivity index (χ0) is 21.0. The third kappa shape index (κ3) is 2.73. The average Bonchev–Trinajstić information content (AvgIpc) is 3.20. The summed E-state index contributed by atoms with van der Waals surface area (Å²) in [6.07, 6.45) is 2.37. The Morgan fingerprint density at radius 2 is 1.93 bits per heavy atom. The molecular weight excluding hydrogens is 383 g/mol. The molecule has 4 aromatic rings. The lowest BCUT2D eigenvalue weighted by atomic mass is 9.72. The summed E-state index contributed by atoms with van der Waals surface area (Å²) in [5, 5.41) is 8.33. The van der Waals surface area contributed by atoms with Gasteiger partial charge in [-0.15, -0.1) is 10.2 Å². The fourth-order valence-corrected chi connectivity index (χ4v) is 4.43. The molecule has 0 bridgehead atoms. The second-order valence-corrected chi connectivity index (χ2v) is 8.33. The molecule has 0 atom stereocenters. The molecule has 2 aromatic heterocycles. The van der Waals surface area contributed by atoms with E-state index in [1.54, 1.807) is 30.1 Å². The van der Waals surface area contributed by atoms with Crippen LogP contribution in [-0.4, -0.2) is 26.3 Å². The first kappa shape index (κ1) is 18.5. The lowest BCUT2D eigenvalue weighted by Gasteiger charge is -2.34. The second-order valence-electron chi connectivity index (χ2n) is 8.33. The zero-order valence-corrected chi connectivity index (χ0v) is 17.0. The van der Waals surface area contributed by atoms with Gasteiger partial charge in [0.25, 0.3) is 5.56 Å². The first-order chi connectivity index (χ1) is 14.4. The monoisotopic (exact) mass is 404 g/mol. The minimum Gasteiger partial charge on any atom is -0.497 e. The van der Waals surface area contributed by atoms with Crippen molar-refractivity contribution >= 4 is 5.78 Å². The van der Waals surface area contributed by atoms with Gasteiger partial charge in [-0.05, 0) is 41.8 Å². The fraction of sp³-hybridized carbons (Fsp3) is 0.261. The summed E-state index contributed by atoms with van der Waals surface area (Å²) in [6.45, 7) is 4.45. The number of rotatable bonds is 3. The van der Waals surface area contributed by atoms with Crippen molar-refractivity contribution in [3.63, 3.8) is 0 Å². The number of benzene rings is 2. The van der Waals surface area contributed by atoms with E-state index in [0.29, 0.717) is 5.78 Å². The lowest BCUT2D eigenvalue weighted by Crippen LogP contribution is -2.38. The fourth-order valence-electron chi connectivity index (χ4n) is 4.43. The van der Waals surface area contributed by atoms with Crippen LogP contribution in [0.2, 0.25) is 0 Å². The molecule has 0 unspecified atom stereocenters. The molecule has 0 saturated carbocycles. The van der Waals surface area contributed by atoms with Crippen molar-refractivity contribution in [1.82, 2.24) is 19.2 Å². The molecule has 0 fully saturated rings. The van der Waals surface area contributed by atoms with E-state index in [1.807, 2.05) is 16.5 Å². The maximum Gasteiger partial charge on any atom is 0.259 e. The molecule has 152 valence electrons. The highest BCUT2D eigenvalue weighted by molar-refractivity contribution is 5.74. The van der Waals surface area contributed by atoms with Crippen molar-refractivity contribution in [3.05, 3.63) is 81.7 Å². The number of hydrogen-bond acceptors (Lipinski definition) is 4. The first-order valence-corrected chi connectivity index (χ1v) is 9.78. The van der Waals surface area contributed by atoms with Gasteiger partial charge in [0.2, 0.25) is 5.78 Å². The molecule has 1 aliphatic carbocycles. The van der Waals surface area contributed by atoms with Gasteiger partial charge in [0.05, 0.1) is 19.3 Å². The quantitative estimate of drug-likeness (QED) is 0.524. The summed E-state index contributed by atoms with van der Waals surface area (Å²) >= 11 is 0. The third-order valence-electron chi connectivity index (χ3n) is 5.84. The maximum absolute atomic E-state index is 13.8. The van der Waals surface area contributed by atoms with Crippen LogP contribution in [0.15, 0.2) is 53.6 Å². The lowest BCUT2D eigenvalue weighted by molar-refractivity contribution is 0.414. The van der Waals surface area contributed by atoms with Gasteiger partial charge in [-0.3, -0.25) is 13.8 Å². The molecule has 0 N–H and O–H groups in total. The van der Waals surface area contributed by atoms with Crippen LogP contribution in [0.3, 0.4) is 0 Å². The number of nitrogens with zero attached hydrogens (tertiary/aromatic N) is 4. The molecular formula is C23H21FN4O2. The standard InChI is InChI=1S/C23H21FN4O2/c1-23(2)11-15-6-9-17(30-3)10-18(15)20-19(23)21(29)27(22-26-25-13-28(20)22)12-14-4-7-16(24)8-5-14/h4-10,13H,11-12H2,1-3H3.